The van der Waals surface area contributed by atoms with E-state index in [9.17, 15) is 9.00 Å². The Morgan fingerprint density at radius 2 is 2.07 bits per heavy atom. The number of rotatable bonds is 8. The molecular weight excluding hydrogens is 212 g/mol. The molecule has 1 unspecified atom stereocenters. The minimum Gasteiger partial charge on any atom is -0.481 e. The molecule has 3 nitrogen and oxygen atoms in total. The maximum Gasteiger partial charge on any atom is 0.303 e. The Morgan fingerprint density at radius 3 is 2.53 bits per heavy atom. The fourth-order valence-electron chi connectivity index (χ4n) is 1.80. The summed E-state index contributed by atoms with van der Waals surface area (Å²) in [5.74, 6) is 0.594. The summed E-state index contributed by atoms with van der Waals surface area (Å²) in [6.07, 6.45) is 5.35. The molecule has 0 aromatic heterocycles. The quantitative estimate of drug-likeness (QED) is 0.653. The van der Waals surface area contributed by atoms with Crippen molar-refractivity contribution in [3.05, 3.63) is 0 Å². The summed E-state index contributed by atoms with van der Waals surface area (Å²) >= 11 is 0. The average molecular weight is 232 g/mol. The van der Waals surface area contributed by atoms with Crippen LogP contribution in [0.25, 0.3) is 0 Å². The van der Waals surface area contributed by atoms with Crippen molar-refractivity contribution in [1.82, 2.24) is 0 Å². The van der Waals surface area contributed by atoms with Crippen LogP contribution in [0.5, 0.6) is 0 Å². The van der Waals surface area contributed by atoms with Crippen molar-refractivity contribution in [2.45, 2.75) is 45.4 Å². The van der Waals surface area contributed by atoms with Crippen LogP contribution in [-0.4, -0.2) is 26.8 Å². The largest absolute Gasteiger partial charge is 0.481 e. The molecular formula is C11H20O3S. The normalized spacial score (nSPS) is 19.8. The highest BCUT2D eigenvalue weighted by Gasteiger charge is 2.45. The molecule has 0 amide bonds. The SMILES string of the molecule is CCCCCS(=O)CC1(CC(=O)O)CC1. The number of hydrogen-bond donors (Lipinski definition) is 1. The van der Waals surface area contributed by atoms with Crippen LogP contribution in [0.1, 0.15) is 45.4 Å². The molecule has 0 heterocycles. The molecule has 0 aromatic rings. The van der Waals surface area contributed by atoms with Gasteiger partial charge in [-0.15, -0.1) is 0 Å². The third-order valence-electron chi connectivity index (χ3n) is 2.93. The summed E-state index contributed by atoms with van der Waals surface area (Å²) < 4.78 is 11.7. The molecule has 0 aromatic carbocycles. The van der Waals surface area contributed by atoms with Crippen LogP contribution in [0.4, 0.5) is 0 Å². The van der Waals surface area contributed by atoms with Crippen LogP contribution >= 0.6 is 0 Å². The monoisotopic (exact) mass is 232 g/mol. The van der Waals surface area contributed by atoms with Gasteiger partial charge in [-0.3, -0.25) is 9.00 Å². The lowest BCUT2D eigenvalue weighted by Crippen LogP contribution is -2.18. The van der Waals surface area contributed by atoms with Gasteiger partial charge in [-0.05, 0) is 24.7 Å². The van der Waals surface area contributed by atoms with Gasteiger partial charge in [0.15, 0.2) is 0 Å². The van der Waals surface area contributed by atoms with Gasteiger partial charge < -0.3 is 5.11 Å². The van der Waals surface area contributed by atoms with Crippen molar-refractivity contribution in [2.24, 2.45) is 5.41 Å². The summed E-state index contributed by atoms with van der Waals surface area (Å²) in [7, 11) is -0.808. The molecule has 1 aliphatic carbocycles. The molecule has 15 heavy (non-hydrogen) atoms. The highest BCUT2D eigenvalue weighted by atomic mass is 32.2. The fourth-order valence-corrected chi connectivity index (χ4v) is 3.54. The lowest BCUT2D eigenvalue weighted by atomic mass is 10.1. The predicted octanol–water partition coefficient (Wildman–Crippen LogP) is 2.18. The summed E-state index contributed by atoms with van der Waals surface area (Å²) in [5.41, 5.74) is -0.108. The summed E-state index contributed by atoms with van der Waals surface area (Å²) in [6, 6.07) is 0. The van der Waals surface area contributed by atoms with Crippen LogP contribution in [0.3, 0.4) is 0 Å². The van der Waals surface area contributed by atoms with Crippen molar-refractivity contribution in [1.29, 1.82) is 0 Å². The number of unbranched alkanes of at least 4 members (excludes halogenated alkanes) is 2. The van der Waals surface area contributed by atoms with Gasteiger partial charge in [-0.1, -0.05) is 19.8 Å². The maximum absolute atomic E-state index is 11.7. The van der Waals surface area contributed by atoms with Gasteiger partial charge in [0.1, 0.15) is 0 Å². The van der Waals surface area contributed by atoms with Crippen LogP contribution in [0.2, 0.25) is 0 Å². The first-order chi connectivity index (χ1) is 7.08. The van der Waals surface area contributed by atoms with E-state index in [0.717, 1.165) is 37.9 Å². The molecule has 1 saturated carbocycles. The number of aliphatic carboxylic acids is 1. The van der Waals surface area contributed by atoms with E-state index in [4.69, 9.17) is 5.11 Å². The van der Waals surface area contributed by atoms with Gasteiger partial charge in [-0.2, -0.15) is 0 Å². The van der Waals surface area contributed by atoms with Crippen LogP contribution < -0.4 is 0 Å². The zero-order valence-corrected chi connectivity index (χ0v) is 10.1. The predicted molar refractivity (Wildman–Crippen MR) is 61.3 cm³/mol. The van der Waals surface area contributed by atoms with E-state index in [1.807, 2.05) is 0 Å². The fraction of sp³-hybridized carbons (Fsp3) is 0.909. The number of carboxylic acid groups (broad SMARTS) is 1. The third-order valence-corrected chi connectivity index (χ3v) is 4.60. The summed E-state index contributed by atoms with van der Waals surface area (Å²) in [5, 5.41) is 8.72. The first-order valence-corrected chi connectivity index (χ1v) is 7.13. The molecule has 1 atom stereocenters. The van der Waals surface area contributed by atoms with E-state index < -0.39 is 16.8 Å². The molecule has 0 bridgehead atoms. The Labute approximate surface area is 93.7 Å². The topological polar surface area (TPSA) is 54.4 Å². The Morgan fingerprint density at radius 1 is 1.40 bits per heavy atom. The smallest absolute Gasteiger partial charge is 0.303 e. The summed E-state index contributed by atoms with van der Waals surface area (Å²) in [4.78, 5) is 10.6. The van der Waals surface area contributed by atoms with Crippen molar-refractivity contribution in [3.8, 4) is 0 Å². The lowest BCUT2D eigenvalue weighted by molar-refractivity contribution is -0.138. The van der Waals surface area contributed by atoms with E-state index >= 15 is 0 Å². The second-order valence-electron chi connectivity index (χ2n) is 4.57. The molecule has 0 spiro atoms. The Hall–Kier alpha value is -0.380. The molecule has 1 rings (SSSR count). The summed E-state index contributed by atoms with van der Waals surface area (Å²) in [6.45, 7) is 2.12. The minimum absolute atomic E-state index is 0.108. The molecule has 4 heteroatoms. The van der Waals surface area contributed by atoms with Gasteiger partial charge in [0, 0.05) is 22.3 Å². The Bertz CT molecular complexity index is 246. The van der Waals surface area contributed by atoms with E-state index in [0.29, 0.717) is 5.75 Å². The van der Waals surface area contributed by atoms with Gasteiger partial charge in [0.05, 0.1) is 6.42 Å². The van der Waals surface area contributed by atoms with Gasteiger partial charge >= 0.3 is 5.97 Å². The zero-order chi connectivity index (χ0) is 11.3. The van der Waals surface area contributed by atoms with Gasteiger partial charge in [0.25, 0.3) is 0 Å². The van der Waals surface area contributed by atoms with Crippen LogP contribution in [0, 0.1) is 5.41 Å². The van der Waals surface area contributed by atoms with E-state index in [2.05, 4.69) is 6.92 Å². The molecule has 0 saturated heterocycles. The first-order valence-electron chi connectivity index (χ1n) is 5.65. The van der Waals surface area contributed by atoms with E-state index in [-0.39, 0.29) is 11.8 Å². The molecule has 1 N–H and O–H groups in total. The second kappa shape index (κ2) is 5.64. The molecule has 1 fully saturated rings. The van der Waals surface area contributed by atoms with E-state index in [1.165, 1.54) is 0 Å². The third kappa shape index (κ3) is 4.78. The molecule has 0 aliphatic heterocycles. The Kier molecular flexibility index (Phi) is 4.77. The molecule has 0 radical (unpaired) electrons. The zero-order valence-electron chi connectivity index (χ0n) is 9.33. The highest BCUT2D eigenvalue weighted by Crippen LogP contribution is 2.49. The average Bonchev–Trinajstić information content (AvgIpc) is 2.83. The first kappa shape index (κ1) is 12.7. The van der Waals surface area contributed by atoms with Crippen molar-refractivity contribution >= 4 is 16.8 Å². The highest BCUT2D eigenvalue weighted by molar-refractivity contribution is 7.85. The minimum atomic E-state index is -0.808. The van der Waals surface area contributed by atoms with Crippen molar-refractivity contribution in [3.63, 3.8) is 0 Å². The van der Waals surface area contributed by atoms with Gasteiger partial charge in [0.2, 0.25) is 0 Å². The standard InChI is InChI=1S/C11H20O3S/c1-2-3-4-7-15(14)9-11(5-6-11)8-10(12)13/h2-9H2,1H3,(H,12,13). The second-order valence-corrected chi connectivity index (χ2v) is 6.14. The maximum atomic E-state index is 11.7. The van der Waals surface area contributed by atoms with Crippen molar-refractivity contribution in [2.75, 3.05) is 11.5 Å². The number of carbonyl (C=O) groups is 1. The number of hydrogen-bond acceptors (Lipinski definition) is 2. The van der Waals surface area contributed by atoms with Crippen LogP contribution in [-0.2, 0) is 15.6 Å². The molecule has 1 aliphatic rings. The lowest BCUT2D eigenvalue weighted by Gasteiger charge is -2.11. The van der Waals surface area contributed by atoms with E-state index in [1.54, 1.807) is 0 Å². The Balaban J connectivity index is 2.22. The molecule has 88 valence electrons. The van der Waals surface area contributed by atoms with Crippen molar-refractivity contribution < 1.29 is 14.1 Å². The number of carboxylic acids is 1. The van der Waals surface area contributed by atoms with Crippen LogP contribution in [0.15, 0.2) is 0 Å². The van der Waals surface area contributed by atoms with Gasteiger partial charge in [-0.25, -0.2) is 0 Å².